The minimum atomic E-state index is -1.13. The van der Waals surface area contributed by atoms with Gasteiger partial charge in [0.05, 0.1) is 0 Å². The van der Waals surface area contributed by atoms with E-state index >= 15 is 0 Å². The van der Waals surface area contributed by atoms with Crippen LogP contribution in [0.4, 0.5) is 0 Å². The fraction of sp³-hybridized carbons (Fsp3) is 0.188. The average Bonchev–Trinajstić information content (AvgIpc) is 2.46. The molecule has 0 spiro atoms. The number of esters is 1. The quantitative estimate of drug-likeness (QED) is 0.855. The highest BCUT2D eigenvalue weighted by Crippen LogP contribution is 2.26. The summed E-state index contributed by atoms with van der Waals surface area (Å²) in [4.78, 5) is 11.6. The summed E-state index contributed by atoms with van der Waals surface area (Å²) in [6.07, 6.45) is -1.63. The van der Waals surface area contributed by atoms with Gasteiger partial charge in [-0.05, 0) is 18.1 Å². The number of aliphatic hydroxyl groups excluding tert-OH is 1. The molecule has 0 heterocycles. The maximum absolute atomic E-state index is 11.6. The van der Waals surface area contributed by atoms with E-state index in [9.17, 15) is 9.90 Å². The third kappa shape index (κ3) is 3.42. The van der Waals surface area contributed by atoms with Gasteiger partial charge in [-0.3, -0.25) is 0 Å². The van der Waals surface area contributed by atoms with E-state index in [0.29, 0.717) is 0 Å². The van der Waals surface area contributed by atoms with Crippen LogP contribution in [-0.4, -0.2) is 17.2 Å². The lowest BCUT2D eigenvalue weighted by Gasteiger charge is -2.19. The summed E-state index contributed by atoms with van der Waals surface area (Å²) in [5.74, 6) is -0.627. The van der Waals surface area contributed by atoms with Crippen molar-refractivity contribution in [3.05, 3.63) is 71.8 Å². The lowest BCUT2D eigenvalue weighted by molar-refractivity contribution is -0.156. The summed E-state index contributed by atoms with van der Waals surface area (Å²) in [5, 5.41) is 9.29. The van der Waals surface area contributed by atoms with E-state index in [1.54, 1.807) is 0 Å². The molecule has 0 saturated heterocycles. The maximum Gasteiger partial charge on any atom is 0.335 e. The van der Waals surface area contributed by atoms with Crippen LogP contribution in [0.3, 0.4) is 0 Å². The van der Waals surface area contributed by atoms with Crippen LogP contribution in [0.1, 0.15) is 24.2 Å². The first-order valence-corrected chi connectivity index (χ1v) is 6.17. The van der Waals surface area contributed by atoms with Crippen LogP contribution in [0.2, 0.25) is 0 Å². The molecule has 3 nitrogen and oxygen atoms in total. The Labute approximate surface area is 112 Å². The van der Waals surface area contributed by atoms with E-state index in [2.05, 4.69) is 0 Å². The lowest BCUT2D eigenvalue weighted by atomic mass is 10.0. The number of ether oxygens (including phenoxy) is 1. The molecule has 0 fully saturated rings. The van der Waals surface area contributed by atoms with Crippen LogP contribution >= 0.6 is 0 Å². The van der Waals surface area contributed by atoms with Crippen molar-refractivity contribution >= 4 is 5.97 Å². The molecule has 1 N–H and O–H groups in total. The van der Waals surface area contributed by atoms with Crippen LogP contribution in [0.5, 0.6) is 0 Å². The summed E-state index contributed by atoms with van der Waals surface area (Å²) >= 11 is 0. The predicted octanol–water partition coefficient (Wildman–Crippen LogP) is 2.70. The van der Waals surface area contributed by atoms with Crippen LogP contribution in [0, 0.1) is 0 Å². The Morgan fingerprint density at radius 1 is 0.947 bits per heavy atom. The van der Waals surface area contributed by atoms with Crippen molar-refractivity contribution in [2.75, 3.05) is 0 Å². The van der Waals surface area contributed by atoms with Crippen molar-refractivity contribution in [1.82, 2.24) is 0 Å². The summed E-state index contributed by atoms with van der Waals surface area (Å²) < 4.78 is 5.40. The topological polar surface area (TPSA) is 46.5 Å². The Bertz CT molecular complexity index is 481. The molecule has 0 amide bonds. The van der Waals surface area contributed by atoms with E-state index in [-0.39, 0.29) is 0 Å². The van der Waals surface area contributed by atoms with E-state index in [1.165, 1.54) is 6.92 Å². The molecule has 19 heavy (non-hydrogen) atoms. The molecule has 0 unspecified atom stereocenters. The highest BCUT2D eigenvalue weighted by atomic mass is 16.6. The number of benzene rings is 2. The van der Waals surface area contributed by atoms with Gasteiger partial charge in [0.15, 0.2) is 6.10 Å². The maximum atomic E-state index is 11.6. The number of carbonyl (C=O) groups excluding carboxylic acids is 1. The summed E-state index contributed by atoms with van der Waals surface area (Å²) in [5.41, 5.74) is 1.76. The number of hydrogen-bond acceptors (Lipinski definition) is 3. The first kappa shape index (κ1) is 13.3. The molecule has 3 heteroatoms. The molecule has 2 aromatic rings. The third-order valence-corrected chi connectivity index (χ3v) is 2.78. The van der Waals surface area contributed by atoms with Gasteiger partial charge in [0, 0.05) is 0 Å². The zero-order valence-electron chi connectivity index (χ0n) is 10.7. The molecule has 1 atom stereocenters. The van der Waals surface area contributed by atoms with E-state index < -0.39 is 18.2 Å². The molecule has 0 aliphatic carbocycles. The number of hydrogen-bond donors (Lipinski definition) is 1. The Kier molecular flexibility index (Phi) is 4.31. The van der Waals surface area contributed by atoms with Crippen molar-refractivity contribution in [1.29, 1.82) is 0 Å². The smallest absolute Gasteiger partial charge is 0.335 e. The number of carbonyl (C=O) groups is 1. The van der Waals surface area contributed by atoms with Crippen LogP contribution < -0.4 is 0 Å². The summed E-state index contributed by atoms with van der Waals surface area (Å²) in [6.45, 7) is 1.40. The lowest BCUT2D eigenvalue weighted by Crippen LogP contribution is -2.22. The first-order chi connectivity index (χ1) is 9.18. The predicted molar refractivity (Wildman–Crippen MR) is 72.5 cm³/mol. The van der Waals surface area contributed by atoms with Crippen LogP contribution in [-0.2, 0) is 9.53 Å². The average molecular weight is 256 g/mol. The minimum Gasteiger partial charge on any atom is -0.451 e. The second-order valence-corrected chi connectivity index (χ2v) is 4.31. The molecule has 0 radical (unpaired) electrons. The van der Waals surface area contributed by atoms with Gasteiger partial charge < -0.3 is 9.84 Å². The van der Waals surface area contributed by atoms with E-state index in [4.69, 9.17) is 4.74 Å². The molecule has 0 bridgehead atoms. The normalized spacial score (nSPS) is 12.2. The minimum absolute atomic E-state index is 0.496. The van der Waals surface area contributed by atoms with Gasteiger partial charge >= 0.3 is 5.97 Å². The van der Waals surface area contributed by atoms with Crippen LogP contribution in [0.15, 0.2) is 60.7 Å². The third-order valence-electron chi connectivity index (χ3n) is 2.78. The van der Waals surface area contributed by atoms with E-state index in [1.807, 2.05) is 60.7 Å². The molecular formula is C16H16O3. The summed E-state index contributed by atoms with van der Waals surface area (Å²) in [6, 6.07) is 19.0. The SMILES string of the molecule is C[C@@H](O)C(=O)OC(c1ccccc1)c1ccccc1. The largest absolute Gasteiger partial charge is 0.451 e. The zero-order chi connectivity index (χ0) is 13.7. The Hall–Kier alpha value is -2.13. The molecule has 2 rings (SSSR count). The van der Waals surface area contributed by atoms with Gasteiger partial charge in [0.2, 0.25) is 0 Å². The van der Waals surface area contributed by atoms with Crippen molar-refractivity contribution in [3.63, 3.8) is 0 Å². The van der Waals surface area contributed by atoms with Crippen molar-refractivity contribution < 1.29 is 14.6 Å². The Balaban J connectivity index is 2.32. The molecule has 0 aliphatic heterocycles. The fourth-order valence-electron chi connectivity index (χ4n) is 1.80. The van der Waals surface area contributed by atoms with Gasteiger partial charge in [-0.2, -0.15) is 0 Å². The van der Waals surface area contributed by atoms with Gasteiger partial charge in [0.1, 0.15) is 6.10 Å². The monoisotopic (exact) mass is 256 g/mol. The number of rotatable bonds is 4. The first-order valence-electron chi connectivity index (χ1n) is 6.17. The number of aliphatic hydroxyl groups is 1. The van der Waals surface area contributed by atoms with Crippen LogP contribution in [0.25, 0.3) is 0 Å². The highest BCUT2D eigenvalue weighted by Gasteiger charge is 2.21. The van der Waals surface area contributed by atoms with E-state index in [0.717, 1.165) is 11.1 Å². The zero-order valence-corrected chi connectivity index (χ0v) is 10.7. The Morgan fingerprint density at radius 2 is 1.37 bits per heavy atom. The summed E-state index contributed by atoms with van der Waals surface area (Å²) in [7, 11) is 0. The molecular weight excluding hydrogens is 240 g/mol. The molecule has 2 aromatic carbocycles. The second kappa shape index (κ2) is 6.16. The second-order valence-electron chi connectivity index (χ2n) is 4.31. The van der Waals surface area contributed by atoms with Crippen molar-refractivity contribution in [2.24, 2.45) is 0 Å². The van der Waals surface area contributed by atoms with Crippen molar-refractivity contribution in [3.8, 4) is 0 Å². The standard InChI is InChI=1S/C16H16O3/c1-12(17)16(18)19-15(13-8-4-2-5-9-13)14-10-6-3-7-11-14/h2-12,15,17H,1H3/t12-/m1/s1. The molecule has 0 saturated carbocycles. The van der Waals surface area contributed by atoms with Gasteiger partial charge in [-0.15, -0.1) is 0 Å². The van der Waals surface area contributed by atoms with Crippen molar-refractivity contribution in [2.45, 2.75) is 19.1 Å². The highest BCUT2D eigenvalue weighted by molar-refractivity contribution is 5.74. The fourth-order valence-corrected chi connectivity index (χ4v) is 1.80. The molecule has 98 valence electrons. The Morgan fingerprint density at radius 3 is 1.74 bits per heavy atom. The van der Waals surface area contributed by atoms with Gasteiger partial charge in [0.25, 0.3) is 0 Å². The van der Waals surface area contributed by atoms with Gasteiger partial charge in [-0.1, -0.05) is 60.7 Å². The molecule has 0 aromatic heterocycles. The van der Waals surface area contributed by atoms with Gasteiger partial charge in [-0.25, -0.2) is 4.79 Å². The molecule has 0 aliphatic rings.